The van der Waals surface area contributed by atoms with Gasteiger partial charge in [-0.05, 0) is 29.8 Å². The Morgan fingerprint density at radius 1 is 1.14 bits per heavy atom. The monoisotopic (exact) mass is 397 g/mol. The first-order valence-corrected chi connectivity index (χ1v) is 9.71. The van der Waals surface area contributed by atoms with Crippen LogP contribution in [0.15, 0.2) is 53.9 Å². The Hall–Kier alpha value is -3.06. The molecule has 2 N–H and O–H groups in total. The van der Waals surface area contributed by atoms with Crippen molar-refractivity contribution in [3.63, 3.8) is 0 Å². The highest BCUT2D eigenvalue weighted by atomic mass is 32.1. The number of halogens is 1. The number of anilines is 1. The summed E-state index contributed by atoms with van der Waals surface area (Å²) in [5, 5.41) is 8.45. The Labute approximate surface area is 166 Å². The number of nitrogens with one attached hydrogen (secondary N) is 2. The normalized spacial score (nSPS) is 10.5. The van der Waals surface area contributed by atoms with Gasteiger partial charge < -0.3 is 10.6 Å². The van der Waals surface area contributed by atoms with Gasteiger partial charge >= 0.3 is 0 Å². The zero-order chi connectivity index (χ0) is 19.9. The van der Waals surface area contributed by atoms with Crippen LogP contribution in [-0.4, -0.2) is 23.3 Å². The maximum absolute atomic E-state index is 12.9. The zero-order valence-electron chi connectivity index (χ0n) is 15.4. The first kappa shape index (κ1) is 19.7. The fraction of sp³-hybridized carbons (Fsp3) is 0.190. The van der Waals surface area contributed by atoms with Crippen LogP contribution in [0.1, 0.15) is 18.2 Å². The molecule has 1 heterocycles. The van der Waals surface area contributed by atoms with E-state index < -0.39 is 0 Å². The predicted octanol–water partition coefficient (Wildman–Crippen LogP) is 3.81. The molecule has 0 aliphatic carbocycles. The third-order valence-corrected chi connectivity index (χ3v) is 4.90. The van der Waals surface area contributed by atoms with Crippen molar-refractivity contribution in [3.8, 4) is 10.6 Å². The number of carbonyl (C=O) groups is 2. The van der Waals surface area contributed by atoms with Crippen molar-refractivity contribution in [3.05, 3.63) is 71.0 Å². The van der Waals surface area contributed by atoms with Gasteiger partial charge in [-0.25, -0.2) is 9.37 Å². The van der Waals surface area contributed by atoms with Crippen molar-refractivity contribution < 1.29 is 14.0 Å². The molecule has 0 unspecified atom stereocenters. The first-order valence-electron chi connectivity index (χ1n) is 8.83. The molecule has 2 aromatic carbocycles. The van der Waals surface area contributed by atoms with E-state index in [1.54, 1.807) is 12.1 Å². The summed E-state index contributed by atoms with van der Waals surface area (Å²) in [6, 6.07) is 13.4. The van der Waals surface area contributed by atoms with E-state index in [2.05, 4.69) is 15.6 Å². The second-order valence-corrected chi connectivity index (χ2v) is 7.17. The van der Waals surface area contributed by atoms with E-state index in [4.69, 9.17) is 0 Å². The molecule has 5 nitrogen and oxygen atoms in total. The summed E-state index contributed by atoms with van der Waals surface area (Å²) in [6.45, 7) is 1.95. The molecule has 0 radical (unpaired) electrons. The summed E-state index contributed by atoms with van der Waals surface area (Å²) < 4.78 is 12.9. The standard InChI is InChI=1S/C21H20FN3O2S/c1-14(26)24-18-4-2-3-16(12-18)21-25-19(13-28-21)9-10-23-20(27)11-15-5-7-17(22)8-6-15/h2-8,12-13H,9-11H2,1H3,(H,23,27)(H,24,26). The van der Waals surface area contributed by atoms with Crippen molar-refractivity contribution in [2.24, 2.45) is 0 Å². The minimum atomic E-state index is -0.314. The third kappa shape index (κ3) is 5.72. The van der Waals surface area contributed by atoms with Gasteiger partial charge in [0.1, 0.15) is 10.8 Å². The maximum Gasteiger partial charge on any atom is 0.224 e. The highest BCUT2D eigenvalue weighted by molar-refractivity contribution is 7.13. The summed E-state index contributed by atoms with van der Waals surface area (Å²) >= 11 is 1.52. The van der Waals surface area contributed by atoms with Gasteiger partial charge in [-0.1, -0.05) is 24.3 Å². The van der Waals surface area contributed by atoms with Gasteiger partial charge in [0, 0.05) is 36.5 Å². The number of aromatic nitrogens is 1. The van der Waals surface area contributed by atoms with E-state index in [9.17, 15) is 14.0 Å². The number of rotatable bonds is 7. The molecule has 7 heteroatoms. The number of thiazole rings is 1. The van der Waals surface area contributed by atoms with Crippen molar-refractivity contribution in [1.29, 1.82) is 0 Å². The summed E-state index contributed by atoms with van der Waals surface area (Å²) in [5.41, 5.74) is 3.33. The van der Waals surface area contributed by atoms with E-state index in [1.807, 2.05) is 29.6 Å². The van der Waals surface area contributed by atoms with Crippen LogP contribution in [0, 0.1) is 5.82 Å². The fourth-order valence-corrected chi connectivity index (χ4v) is 3.52. The van der Waals surface area contributed by atoms with Crippen LogP contribution in [-0.2, 0) is 22.4 Å². The van der Waals surface area contributed by atoms with E-state index in [0.717, 1.165) is 27.5 Å². The number of hydrogen-bond acceptors (Lipinski definition) is 4. The van der Waals surface area contributed by atoms with Gasteiger partial charge in [0.25, 0.3) is 0 Å². The summed E-state index contributed by atoms with van der Waals surface area (Å²) in [7, 11) is 0. The highest BCUT2D eigenvalue weighted by Gasteiger charge is 2.08. The molecule has 0 spiro atoms. The fourth-order valence-electron chi connectivity index (χ4n) is 2.67. The number of amides is 2. The van der Waals surface area contributed by atoms with Crippen LogP contribution in [0.25, 0.3) is 10.6 Å². The summed E-state index contributed by atoms with van der Waals surface area (Å²) in [6.07, 6.45) is 0.843. The van der Waals surface area contributed by atoms with Crippen LogP contribution in [0.4, 0.5) is 10.1 Å². The molecule has 0 fully saturated rings. The SMILES string of the molecule is CC(=O)Nc1cccc(-c2nc(CCNC(=O)Cc3ccc(F)cc3)cs2)c1. The van der Waals surface area contributed by atoms with Gasteiger partial charge in [-0.3, -0.25) is 9.59 Å². The Kier molecular flexibility index (Phi) is 6.49. The van der Waals surface area contributed by atoms with Crippen LogP contribution in [0.5, 0.6) is 0 Å². The summed E-state index contributed by atoms with van der Waals surface area (Å²) in [5.74, 6) is -0.537. The molecular formula is C21H20FN3O2S. The smallest absolute Gasteiger partial charge is 0.224 e. The molecule has 28 heavy (non-hydrogen) atoms. The lowest BCUT2D eigenvalue weighted by atomic mass is 10.1. The van der Waals surface area contributed by atoms with Crippen LogP contribution in [0.2, 0.25) is 0 Å². The zero-order valence-corrected chi connectivity index (χ0v) is 16.2. The lowest BCUT2D eigenvalue weighted by Gasteiger charge is -2.05. The van der Waals surface area contributed by atoms with Crippen molar-refractivity contribution in [2.45, 2.75) is 19.8 Å². The lowest BCUT2D eigenvalue weighted by Crippen LogP contribution is -2.27. The molecule has 0 bridgehead atoms. The molecule has 1 aromatic heterocycles. The van der Waals surface area contributed by atoms with Gasteiger partial charge in [0.05, 0.1) is 12.1 Å². The Bertz CT molecular complexity index is 970. The maximum atomic E-state index is 12.9. The molecule has 3 rings (SSSR count). The second kappa shape index (κ2) is 9.23. The topological polar surface area (TPSA) is 71.1 Å². The molecule has 0 aliphatic heterocycles. The minimum Gasteiger partial charge on any atom is -0.355 e. The molecule has 3 aromatic rings. The number of hydrogen-bond donors (Lipinski definition) is 2. The molecule has 0 atom stereocenters. The quantitative estimate of drug-likeness (QED) is 0.637. The van der Waals surface area contributed by atoms with Gasteiger partial charge in [0.2, 0.25) is 11.8 Å². The molecule has 0 saturated heterocycles. The third-order valence-electron chi connectivity index (χ3n) is 3.96. The van der Waals surface area contributed by atoms with E-state index in [1.165, 1.54) is 30.4 Å². The average Bonchev–Trinajstić information content (AvgIpc) is 3.12. The van der Waals surface area contributed by atoms with Crippen LogP contribution in [0.3, 0.4) is 0 Å². The van der Waals surface area contributed by atoms with Gasteiger partial charge in [0.15, 0.2) is 0 Å². The molecule has 0 aliphatic rings. The highest BCUT2D eigenvalue weighted by Crippen LogP contribution is 2.26. The van der Waals surface area contributed by atoms with Crippen molar-refractivity contribution in [2.75, 3.05) is 11.9 Å². The second-order valence-electron chi connectivity index (χ2n) is 6.31. The van der Waals surface area contributed by atoms with Crippen LogP contribution < -0.4 is 10.6 Å². The Morgan fingerprint density at radius 2 is 1.93 bits per heavy atom. The number of carbonyl (C=O) groups excluding carboxylic acids is 2. The van der Waals surface area contributed by atoms with Crippen LogP contribution >= 0.6 is 11.3 Å². The van der Waals surface area contributed by atoms with Crippen molar-refractivity contribution in [1.82, 2.24) is 10.3 Å². The first-order chi connectivity index (χ1) is 13.5. The Balaban J connectivity index is 1.51. The van der Waals surface area contributed by atoms with E-state index in [-0.39, 0.29) is 24.1 Å². The number of benzene rings is 2. The number of nitrogens with zero attached hydrogens (tertiary/aromatic N) is 1. The lowest BCUT2D eigenvalue weighted by molar-refractivity contribution is -0.120. The average molecular weight is 397 g/mol. The van der Waals surface area contributed by atoms with E-state index >= 15 is 0 Å². The largest absolute Gasteiger partial charge is 0.355 e. The van der Waals surface area contributed by atoms with Gasteiger partial charge in [-0.2, -0.15) is 0 Å². The van der Waals surface area contributed by atoms with Crippen molar-refractivity contribution >= 4 is 28.8 Å². The van der Waals surface area contributed by atoms with Gasteiger partial charge in [-0.15, -0.1) is 11.3 Å². The Morgan fingerprint density at radius 3 is 2.68 bits per heavy atom. The van der Waals surface area contributed by atoms with E-state index in [0.29, 0.717) is 13.0 Å². The summed E-state index contributed by atoms with van der Waals surface area (Å²) in [4.78, 5) is 27.8. The molecule has 0 saturated carbocycles. The minimum absolute atomic E-state index is 0.106. The predicted molar refractivity (Wildman–Crippen MR) is 109 cm³/mol. The molecule has 144 valence electrons. The molecular weight excluding hydrogens is 377 g/mol. The molecule has 2 amide bonds.